The van der Waals surface area contributed by atoms with Gasteiger partial charge in [0.2, 0.25) is 0 Å². The normalized spacial score (nSPS) is 28.8. The van der Waals surface area contributed by atoms with Gasteiger partial charge >= 0.3 is 35.9 Å². The first kappa shape index (κ1) is 38.4. The number of urea groups is 1. The topological polar surface area (TPSA) is 221 Å². The molecule has 2 amide bonds. The molecular weight excluding hydrogens is 616 g/mol. The number of esters is 5. The minimum Gasteiger partial charge on any atom is -0.460 e. The summed E-state index contributed by atoms with van der Waals surface area (Å²) in [6, 6.07) is -0.775. The second-order valence-electron chi connectivity index (χ2n) is 11.0. The van der Waals surface area contributed by atoms with Gasteiger partial charge in [-0.05, 0) is 20.3 Å². The number of carbonyl (C=O) groups excluding carboxylic acids is 6. The van der Waals surface area contributed by atoms with Gasteiger partial charge < -0.3 is 53.6 Å². The highest BCUT2D eigenvalue weighted by Gasteiger charge is 2.55. The molecule has 0 radical (unpaired) electrons. The van der Waals surface area contributed by atoms with Gasteiger partial charge in [-0.2, -0.15) is 0 Å². The Morgan fingerprint density at radius 3 is 1.91 bits per heavy atom. The van der Waals surface area contributed by atoms with E-state index < -0.39 is 90.4 Å². The molecule has 17 nitrogen and oxygen atoms in total. The van der Waals surface area contributed by atoms with Crippen LogP contribution in [0, 0.1) is 0 Å². The monoisotopic (exact) mass is 660 g/mol. The van der Waals surface area contributed by atoms with E-state index in [0.29, 0.717) is 0 Å². The summed E-state index contributed by atoms with van der Waals surface area (Å²) in [4.78, 5) is 72.4. The molecular formula is C29H44N2O15. The molecule has 2 aliphatic heterocycles. The second-order valence-corrected chi connectivity index (χ2v) is 11.0. The molecule has 260 valence electrons. The van der Waals surface area contributed by atoms with Gasteiger partial charge in [-0.1, -0.05) is 13.5 Å². The number of aliphatic hydroxyl groups is 1. The van der Waals surface area contributed by atoms with Crippen molar-refractivity contribution in [1.82, 2.24) is 10.6 Å². The predicted octanol–water partition coefficient (Wildman–Crippen LogP) is -0.198. The standard InChI is InChI=1S/C29H44N2O15/c1-9-29(8,25-23(44-17(6)34)21(42-15(4)32)19(36)12-40-25)46-20-13-41-26(24(45-18(7)35)22(20)43-16(5)33)31-28(38)30-10-11-39-27(37)14(2)3/h19-26,36H,2,9-13H2,1,3-8H3,(H2,30,31,38). The lowest BCUT2D eigenvalue weighted by Gasteiger charge is -2.49. The van der Waals surface area contributed by atoms with E-state index in [9.17, 15) is 33.9 Å². The van der Waals surface area contributed by atoms with Crippen molar-refractivity contribution in [3.8, 4) is 0 Å². The quantitative estimate of drug-likeness (QED) is 0.101. The zero-order valence-corrected chi connectivity index (χ0v) is 27.0. The van der Waals surface area contributed by atoms with Crippen molar-refractivity contribution in [2.45, 2.75) is 109 Å². The zero-order valence-electron chi connectivity index (χ0n) is 27.0. The molecule has 2 rings (SSSR count). The number of ether oxygens (including phenoxy) is 8. The minimum atomic E-state index is -1.40. The lowest BCUT2D eigenvalue weighted by Crippen LogP contribution is -2.67. The van der Waals surface area contributed by atoms with E-state index in [0.717, 1.165) is 27.7 Å². The first-order valence-electron chi connectivity index (χ1n) is 14.6. The number of hydrogen-bond donors (Lipinski definition) is 3. The van der Waals surface area contributed by atoms with E-state index in [1.54, 1.807) is 13.8 Å². The van der Waals surface area contributed by atoms with E-state index in [2.05, 4.69) is 17.2 Å². The predicted molar refractivity (Wildman–Crippen MR) is 154 cm³/mol. The number of nitrogens with one attached hydrogen (secondary N) is 2. The van der Waals surface area contributed by atoms with Gasteiger partial charge in [0.05, 0.1) is 25.4 Å². The molecule has 2 aliphatic rings. The van der Waals surface area contributed by atoms with Crippen LogP contribution in [0.15, 0.2) is 12.2 Å². The summed E-state index contributed by atoms with van der Waals surface area (Å²) in [6.07, 6.45) is -10.0. The van der Waals surface area contributed by atoms with Gasteiger partial charge in [-0.25, -0.2) is 9.59 Å². The van der Waals surface area contributed by atoms with Crippen LogP contribution in [0.2, 0.25) is 0 Å². The molecule has 46 heavy (non-hydrogen) atoms. The SMILES string of the molecule is C=C(C)C(=O)OCCNC(=O)NC1OCC(OC(C)(CC)C2OCC(O)C(OC(C)=O)C2OC(C)=O)C(OC(C)=O)C1OC(C)=O. The van der Waals surface area contributed by atoms with E-state index in [1.807, 2.05) is 0 Å². The molecule has 0 aromatic rings. The molecule has 9 unspecified atom stereocenters. The third-order valence-electron chi connectivity index (χ3n) is 7.05. The van der Waals surface area contributed by atoms with Crippen LogP contribution in [0.5, 0.6) is 0 Å². The maximum Gasteiger partial charge on any atom is 0.333 e. The molecule has 9 atom stereocenters. The maximum absolute atomic E-state index is 12.6. The molecule has 0 aliphatic carbocycles. The fourth-order valence-electron chi connectivity index (χ4n) is 4.93. The first-order valence-corrected chi connectivity index (χ1v) is 14.6. The van der Waals surface area contributed by atoms with Crippen molar-refractivity contribution < 1.29 is 71.8 Å². The van der Waals surface area contributed by atoms with Crippen LogP contribution < -0.4 is 10.6 Å². The Morgan fingerprint density at radius 1 is 0.826 bits per heavy atom. The molecule has 3 N–H and O–H groups in total. The van der Waals surface area contributed by atoms with Crippen LogP contribution in [0.3, 0.4) is 0 Å². The molecule has 0 aromatic carbocycles. The molecule has 2 heterocycles. The number of amides is 2. The van der Waals surface area contributed by atoms with Crippen LogP contribution in [0.1, 0.15) is 54.9 Å². The number of aliphatic hydroxyl groups excluding tert-OH is 1. The summed E-state index contributed by atoms with van der Waals surface area (Å²) in [5.74, 6) is -3.64. The third-order valence-corrected chi connectivity index (χ3v) is 7.05. The Hall–Kier alpha value is -3.80. The van der Waals surface area contributed by atoms with Gasteiger partial charge in [0.1, 0.15) is 24.9 Å². The van der Waals surface area contributed by atoms with Crippen molar-refractivity contribution in [2.24, 2.45) is 0 Å². The highest BCUT2D eigenvalue weighted by atomic mass is 16.7. The average molecular weight is 661 g/mol. The summed E-state index contributed by atoms with van der Waals surface area (Å²) < 4.78 is 44.8. The molecule has 0 spiro atoms. The van der Waals surface area contributed by atoms with E-state index in [1.165, 1.54) is 6.92 Å². The third kappa shape index (κ3) is 10.9. The van der Waals surface area contributed by atoms with Crippen molar-refractivity contribution >= 4 is 35.9 Å². The average Bonchev–Trinajstić information content (AvgIpc) is 2.94. The summed E-state index contributed by atoms with van der Waals surface area (Å²) in [7, 11) is 0. The van der Waals surface area contributed by atoms with Crippen molar-refractivity contribution in [2.75, 3.05) is 26.4 Å². The van der Waals surface area contributed by atoms with Crippen molar-refractivity contribution in [3.05, 3.63) is 12.2 Å². The summed E-state index contributed by atoms with van der Waals surface area (Å²) in [5.41, 5.74) is -1.18. The van der Waals surface area contributed by atoms with Gasteiger partial charge in [0.25, 0.3) is 0 Å². The van der Waals surface area contributed by atoms with E-state index in [4.69, 9.17) is 37.9 Å². The van der Waals surface area contributed by atoms with Crippen molar-refractivity contribution in [1.29, 1.82) is 0 Å². The summed E-state index contributed by atoms with van der Waals surface area (Å²) in [6.45, 7) is 12.0. The largest absolute Gasteiger partial charge is 0.460 e. The smallest absolute Gasteiger partial charge is 0.333 e. The molecule has 17 heteroatoms. The zero-order chi connectivity index (χ0) is 34.8. The molecule has 0 aromatic heterocycles. The Kier molecular flexibility index (Phi) is 14.4. The van der Waals surface area contributed by atoms with Crippen LogP contribution in [0.4, 0.5) is 4.79 Å². The fraction of sp³-hybridized carbons (Fsp3) is 0.724. The van der Waals surface area contributed by atoms with Gasteiger partial charge in [-0.3, -0.25) is 19.2 Å². The fourth-order valence-corrected chi connectivity index (χ4v) is 4.93. The van der Waals surface area contributed by atoms with Crippen LogP contribution in [0.25, 0.3) is 0 Å². The second kappa shape index (κ2) is 17.2. The van der Waals surface area contributed by atoms with Crippen molar-refractivity contribution in [3.63, 3.8) is 0 Å². The Bertz CT molecular complexity index is 1150. The van der Waals surface area contributed by atoms with Crippen LogP contribution in [-0.4, -0.2) is 122 Å². The van der Waals surface area contributed by atoms with Crippen LogP contribution >= 0.6 is 0 Å². The maximum atomic E-state index is 12.6. The number of rotatable bonds is 13. The van der Waals surface area contributed by atoms with Gasteiger partial charge in [-0.15, -0.1) is 0 Å². The highest BCUT2D eigenvalue weighted by molar-refractivity contribution is 5.87. The van der Waals surface area contributed by atoms with Gasteiger partial charge in [0, 0.05) is 33.3 Å². The number of hydrogen-bond acceptors (Lipinski definition) is 15. The lowest BCUT2D eigenvalue weighted by atomic mass is 9.85. The van der Waals surface area contributed by atoms with E-state index >= 15 is 0 Å². The molecule has 0 saturated carbocycles. The summed E-state index contributed by atoms with van der Waals surface area (Å²) in [5, 5.41) is 15.5. The summed E-state index contributed by atoms with van der Waals surface area (Å²) >= 11 is 0. The molecule has 2 fully saturated rings. The molecule has 2 saturated heterocycles. The number of carbonyl (C=O) groups is 6. The van der Waals surface area contributed by atoms with Crippen LogP contribution in [-0.2, 0) is 61.9 Å². The highest BCUT2D eigenvalue weighted by Crippen LogP contribution is 2.36. The Morgan fingerprint density at radius 2 is 1.37 bits per heavy atom. The molecule has 0 bridgehead atoms. The minimum absolute atomic E-state index is 0.0717. The first-order chi connectivity index (χ1) is 21.5. The lowest BCUT2D eigenvalue weighted by molar-refractivity contribution is -0.290. The van der Waals surface area contributed by atoms with Gasteiger partial charge in [0.15, 0.2) is 30.6 Å². The Balaban J connectivity index is 2.32. The van der Waals surface area contributed by atoms with E-state index in [-0.39, 0.29) is 38.4 Å². The Labute approximate surface area is 266 Å².